The summed E-state index contributed by atoms with van der Waals surface area (Å²) in [6.45, 7) is 13.6. The Hall–Kier alpha value is -4.61. The molecule has 0 amide bonds. The van der Waals surface area contributed by atoms with Crippen molar-refractivity contribution in [3.8, 4) is 34.0 Å². The van der Waals surface area contributed by atoms with Gasteiger partial charge in [-0.2, -0.15) is 5.26 Å². The van der Waals surface area contributed by atoms with E-state index in [0.29, 0.717) is 5.56 Å². The van der Waals surface area contributed by atoms with Gasteiger partial charge in [0.2, 0.25) is 0 Å². The zero-order chi connectivity index (χ0) is 28.9. The molecule has 1 aromatic heterocycles. The van der Waals surface area contributed by atoms with Crippen molar-refractivity contribution < 1.29 is 0 Å². The Balaban J connectivity index is 1.66. The molecule has 0 aliphatic carbocycles. The molecule has 5 aromatic carbocycles. The lowest BCUT2D eigenvalue weighted by atomic mass is 9.85. The van der Waals surface area contributed by atoms with Crippen molar-refractivity contribution in [1.82, 2.24) is 4.57 Å². The number of hydrogen-bond acceptors (Lipinski definition) is 1. The molecule has 41 heavy (non-hydrogen) atoms. The van der Waals surface area contributed by atoms with Crippen molar-refractivity contribution in [3.05, 3.63) is 126 Å². The first-order chi connectivity index (χ1) is 19.5. The third-order valence-electron chi connectivity index (χ3n) is 8.12. The number of benzene rings is 5. The van der Waals surface area contributed by atoms with Gasteiger partial charge in [-0.25, -0.2) is 0 Å². The van der Waals surface area contributed by atoms with Gasteiger partial charge in [0.15, 0.2) is 0 Å². The van der Waals surface area contributed by atoms with E-state index < -0.39 is 0 Å². The highest BCUT2D eigenvalue weighted by Crippen LogP contribution is 2.40. The van der Waals surface area contributed by atoms with Crippen LogP contribution in [0.15, 0.2) is 109 Å². The number of hydrogen-bond donors (Lipinski definition) is 0. The molecule has 0 fully saturated rings. The Morgan fingerprint density at radius 1 is 0.537 bits per heavy atom. The molecule has 6 aromatic rings. The SMILES string of the molecule is CC(C)(C)c1ccc2c(c1)c1cc(C(C)(C)C)ccc1n2-c1ccccc1-c1cc(C#N)cc(-c2ccccc2)c1. The normalized spacial score (nSPS) is 12.1. The van der Waals surface area contributed by atoms with Gasteiger partial charge in [-0.1, -0.05) is 102 Å². The van der Waals surface area contributed by atoms with Gasteiger partial charge in [-0.3, -0.25) is 0 Å². The first-order valence-electron chi connectivity index (χ1n) is 14.3. The quantitative estimate of drug-likeness (QED) is 0.223. The second-order valence-electron chi connectivity index (χ2n) is 13.1. The summed E-state index contributed by atoms with van der Waals surface area (Å²) in [5.74, 6) is 0. The fraction of sp³-hybridized carbons (Fsp3) is 0.205. The lowest BCUT2D eigenvalue weighted by Crippen LogP contribution is -2.10. The maximum absolute atomic E-state index is 9.94. The van der Waals surface area contributed by atoms with E-state index in [9.17, 15) is 5.26 Å². The van der Waals surface area contributed by atoms with Gasteiger partial charge in [-0.15, -0.1) is 0 Å². The summed E-state index contributed by atoms with van der Waals surface area (Å²) in [4.78, 5) is 0. The number of nitrogens with zero attached hydrogens (tertiary/aromatic N) is 2. The molecular formula is C39H36N2. The molecule has 2 heteroatoms. The average molecular weight is 533 g/mol. The summed E-state index contributed by atoms with van der Waals surface area (Å²) in [5.41, 5.74) is 11.2. The summed E-state index contributed by atoms with van der Waals surface area (Å²) >= 11 is 0. The van der Waals surface area contributed by atoms with Gasteiger partial charge < -0.3 is 4.57 Å². The molecule has 2 nitrogen and oxygen atoms in total. The molecule has 0 spiro atoms. The van der Waals surface area contributed by atoms with Gasteiger partial charge >= 0.3 is 0 Å². The summed E-state index contributed by atoms with van der Waals surface area (Å²) in [5, 5.41) is 12.5. The fourth-order valence-electron chi connectivity index (χ4n) is 5.77. The third kappa shape index (κ3) is 4.83. The van der Waals surface area contributed by atoms with Crippen molar-refractivity contribution in [3.63, 3.8) is 0 Å². The van der Waals surface area contributed by atoms with Crippen LogP contribution in [0.5, 0.6) is 0 Å². The Morgan fingerprint density at radius 2 is 1.07 bits per heavy atom. The van der Waals surface area contributed by atoms with Gasteiger partial charge in [0.05, 0.1) is 28.4 Å². The van der Waals surface area contributed by atoms with E-state index in [4.69, 9.17) is 0 Å². The van der Waals surface area contributed by atoms with E-state index in [1.807, 2.05) is 30.3 Å². The summed E-state index contributed by atoms with van der Waals surface area (Å²) in [6, 6.07) is 41.3. The minimum atomic E-state index is 0.0493. The highest BCUT2D eigenvalue weighted by Gasteiger charge is 2.22. The predicted octanol–water partition coefficient (Wildman–Crippen LogP) is 10.6. The van der Waals surface area contributed by atoms with Gasteiger partial charge in [-0.05, 0) is 87.2 Å². The predicted molar refractivity (Wildman–Crippen MR) is 174 cm³/mol. The van der Waals surface area contributed by atoms with Gasteiger partial charge in [0, 0.05) is 16.3 Å². The molecule has 0 saturated heterocycles. The van der Waals surface area contributed by atoms with E-state index in [0.717, 1.165) is 27.9 Å². The highest BCUT2D eigenvalue weighted by atomic mass is 15.0. The lowest BCUT2D eigenvalue weighted by molar-refractivity contribution is 0.590. The van der Waals surface area contributed by atoms with Crippen LogP contribution in [0.25, 0.3) is 49.7 Å². The maximum Gasteiger partial charge on any atom is 0.0992 e. The van der Waals surface area contributed by atoms with E-state index in [-0.39, 0.29) is 10.8 Å². The molecule has 0 aliphatic rings. The van der Waals surface area contributed by atoms with Crippen molar-refractivity contribution in [2.24, 2.45) is 0 Å². The van der Waals surface area contributed by atoms with Crippen molar-refractivity contribution in [2.45, 2.75) is 52.4 Å². The topological polar surface area (TPSA) is 28.7 Å². The highest BCUT2D eigenvalue weighted by molar-refractivity contribution is 6.10. The minimum Gasteiger partial charge on any atom is -0.309 e. The number of para-hydroxylation sites is 1. The second kappa shape index (κ2) is 9.79. The maximum atomic E-state index is 9.94. The zero-order valence-corrected chi connectivity index (χ0v) is 24.8. The Kier molecular flexibility index (Phi) is 6.35. The van der Waals surface area contributed by atoms with E-state index in [1.165, 1.54) is 32.9 Å². The Labute approximate surface area is 243 Å². The molecule has 0 bridgehead atoms. The molecule has 1 heterocycles. The van der Waals surface area contributed by atoms with Crippen LogP contribution in [0, 0.1) is 11.3 Å². The van der Waals surface area contributed by atoms with E-state index >= 15 is 0 Å². The van der Waals surface area contributed by atoms with Crippen LogP contribution in [0.1, 0.15) is 58.2 Å². The van der Waals surface area contributed by atoms with Crippen LogP contribution in [-0.2, 0) is 10.8 Å². The third-order valence-corrected chi connectivity index (χ3v) is 8.12. The summed E-state index contributed by atoms with van der Waals surface area (Å²) in [6.07, 6.45) is 0. The molecule has 0 saturated carbocycles. The molecule has 202 valence electrons. The van der Waals surface area contributed by atoms with Crippen LogP contribution >= 0.6 is 0 Å². The first kappa shape index (κ1) is 26.6. The molecule has 0 atom stereocenters. The molecule has 0 aliphatic heterocycles. The molecule has 6 rings (SSSR count). The molecule has 0 unspecified atom stereocenters. The van der Waals surface area contributed by atoms with Crippen LogP contribution in [-0.4, -0.2) is 4.57 Å². The van der Waals surface area contributed by atoms with Crippen molar-refractivity contribution >= 4 is 21.8 Å². The minimum absolute atomic E-state index is 0.0493. The molecule has 0 radical (unpaired) electrons. The Bertz CT molecular complexity index is 1880. The monoisotopic (exact) mass is 532 g/mol. The van der Waals surface area contributed by atoms with Gasteiger partial charge in [0.25, 0.3) is 0 Å². The lowest BCUT2D eigenvalue weighted by Gasteiger charge is -2.19. The number of aromatic nitrogens is 1. The van der Waals surface area contributed by atoms with E-state index in [1.54, 1.807) is 0 Å². The largest absolute Gasteiger partial charge is 0.309 e. The van der Waals surface area contributed by atoms with Crippen LogP contribution in [0.4, 0.5) is 0 Å². The average Bonchev–Trinajstić information content (AvgIpc) is 3.29. The smallest absolute Gasteiger partial charge is 0.0992 e. The van der Waals surface area contributed by atoms with Gasteiger partial charge in [0.1, 0.15) is 0 Å². The van der Waals surface area contributed by atoms with E-state index in [2.05, 4.69) is 131 Å². The van der Waals surface area contributed by atoms with Crippen molar-refractivity contribution in [1.29, 1.82) is 5.26 Å². The zero-order valence-electron chi connectivity index (χ0n) is 24.8. The summed E-state index contributed by atoms with van der Waals surface area (Å²) in [7, 11) is 0. The molecular weight excluding hydrogens is 496 g/mol. The second-order valence-corrected chi connectivity index (χ2v) is 13.1. The van der Waals surface area contributed by atoms with Crippen LogP contribution < -0.4 is 0 Å². The first-order valence-corrected chi connectivity index (χ1v) is 14.3. The standard InChI is InChI=1S/C39H36N2/c1-38(2,3)30-16-18-36-33(23-30)34-24-31(39(4,5)6)17-19-37(34)41(36)35-15-11-10-14-32(35)29-21-26(25-40)20-28(22-29)27-12-8-7-9-13-27/h7-24H,1-6H3. The number of fused-ring (bicyclic) bond motifs is 3. The van der Waals surface area contributed by atoms with Crippen LogP contribution in [0.3, 0.4) is 0 Å². The summed E-state index contributed by atoms with van der Waals surface area (Å²) < 4.78 is 2.40. The number of nitriles is 1. The molecule has 0 N–H and O–H groups in total. The fourth-order valence-corrected chi connectivity index (χ4v) is 5.77. The van der Waals surface area contributed by atoms with Crippen molar-refractivity contribution in [2.75, 3.05) is 0 Å². The Morgan fingerprint density at radius 3 is 1.63 bits per heavy atom. The van der Waals surface area contributed by atoms with Crippen LogP contribution in [0.2, 0.25) is 0 Å². The number of rotatable bonds is 3.